The number of anilines is 6. The summed E-state index contributed by atoms with van der Waals surface area (Å²) in [4.78, 5) is 4.56. The molecule has 0 unspecified atom stereocenters. The van der Waals surface area contributed by atoms with Gasteiger partial charge < -0.3 is 9.80 Å². The molecule has 0 aliphatic heterocycles. The Labute approximate surface area is 323 Å². The van der Waals surface area contributed by atoms with Crippen LogP contribution in [-0.2, 0) is 10.8 Å². The zero-order chi connectivity index (χ0) is 33.6. The maximum absolute atomic E-state index is 3.94. The predicted molar refractivity (Wildman–Crippen MR) is 219 cm³/mol. The summed E-state index contributed by atoms with van der Waals surface area (Å²) in [7, 11) is 0. The number of benzene rings is 5. The average Bonchev–Trinajstić information content (AvgIpc) is 2.97. The first-order valence-corrected chi connectivity index (χ1v) is 19.5. The van der Waals surface area contributed by atoms with Crippen LogP contribution in [0.3, 0.4) is 0 Å². The first-order chi connectivity index (χ1) is 21.5. The molecule has 0 aromatic heterocycles. The Morgan fingerprint density at radius 3 is 0.804 bits per heavy atom. The van der Waals surface area contributed by atoms with E-state index in [1.54, 1.807) is 0 Å². The Morgan fingerprint density at radius 1 is 0.370 bits per heavy atom. The first-order valence-electron chi connectivity index (χ1n) is 14.7. The zero-order valence-corrected chi connectivity index (χ0v) is 35.9. The van der Waals surface area contributed by atoms with Gasteiger partial charge in [0.2, 0.25) is 0 Å². The highest BCUT2D eigenvalue weighted by molar-refractivity contribution is 9.11. The summed E-state index contributed by atoms with van der Waals surface area (Å²) < 4.78 is 6.13. The minimum Gasteiger partial charge on any atom is -0.308 e. The molecule has 0 spiro atoms. The lowest BCUT2D eigenvalue weighted by molar-refractivity contribution is 0.589. The average molecular weight is 998 g/mol. The third-order valence-electron chi connectivity index (χ3n) is 7.75. The fourth-order valence-corrected chi connectivity index (χ4v) is 8.78. The van der Waals surface area contributed by atoms with Gasteiger partial charge in [0.05, 0.1) is 11.4 Å². The summed E-state index contributed by atoms with van der Waals surface area (Å²) in [6.45, 7) is 13.4. The molecule has 0 heterocycles. The number of halogens is 6. The Bertz CT molecular complexity index is 1670. The molecule has 0 N–H and O–H groups in total. The monoisotopic (exact) mass is 992 g/mol. The van der Waals surface area contributed by atoms with Crippen LogP contribution in [0.15, 0.2) is 124 Å². The molecule has 0 amide bonds. The van der Waals surface area contributed by atoms with Crippen molar-refractivity contribution in [2.75, 3.05) is 9.80 Å². The van der Waals surface area contributed by atoms with Gasteiger partial charge in [-0.05, 0) is 183 Å². The fraction of sp³-hybridized carbons (Fsp3) is 0.211. The molecule has 5 rings (SSSR count). The van der Waals surface area contributed by atoms with Gasteiger partial charge >= 0.3 is 0 Å². The molecule has 0 aliphatic rings. The van der Waals surface area contributed by atoms with Gasteiger partial charge in [0.25, 0.3) is 0 Å². The molecule has 0 atom stereocenters. The van der Waals surface area contributed by atoms with Crippen LogP contribution in [0, 0.1) is 0 Å². The van der Waals surface area contributed by atoms with E-state index in [-0.39, 0.29) is 10.8 Å². The summed E-state index contributed by atoms with van der Waals surface area (Å²) in [5, 5.41) is 0. The van der Waals surface area contributed by atoms with Gasteiger partial charge in [0.1, 0.15) is 0 Å². The third-order valence-corrected chi connectivity index (χ3v) is 11.2. The molecule has 5 aromatic carbocycles. The molecule has 2 nitrogen and oxygen atoms in total. The minimum absolute atomic E-state index is 0.0117. The molecule has 0 fully saturated rings. The summed E-state index contributed by atoms with van der Waals surface area (Å²) in [6.07, 6.45) is 0. The van der Waals surface area contributed by atoms with E-state index < -0.39 is 0 Å². The normalized spacial score (nSPS) is 11.9. The molecule has 0 saturated carbocycles. The van der Waals surface area contributed by atoms with Crippen LogP contribution in [0.2, 0.25) is 0 Å². The van der Waals surface area contributed by atoms with E-state index >= 15 is 0 Å². The van der Waals surface area contributed by atoms with E-state index in [9.17, 15) is 0 Å². The summed E-state index contributed by atoms with van der Waals surface area (Å²) in [5.74, 6) is 0. The fourth-order valence-electron chi connectivity index (χ4n) is 5.17. The zero-order valence-electron chi connectivity index (χ0n) is 26.4. The highest BCUT2D eigenvalue weighted by Crippen LogP contribution is 2.48. The van der Waals surface area contributed by atoms with Crippen molar-refractivity contribution < 1.29 is 0 Å². The van der Waals surface area contributed by atoms with E-state index in [0.29, 0.717) is 0 Å². The molecule has 238 valence electrons. The highest BCUT2D eigenvalue weighted by atomic mass is 79.9. The van der Waals surface area contributed by atoms with Gasteiger partial charge in [-0.2, -0.15) is 0 Å². The van der Waals surface area contributed by atoms with Crippen LogP contribution in [0.1, 0.15) is 52.7 Å². The van der Waals surface area contributed by atoms with E-state index in [1.807, 2.05) is 0 Å². The largest absolute Gasteiger partial charge is 0.308 e. The van der Waals surface area contributed by atoms with Crippen molar-refractivity contribution in [1.82, 2.24) is 0 Å². The molecule has 46 heavy (non-hydrogen) atoms. The quantitative estimate of drug-likeness (QED) is 0.167. The second kappa shape index (κ2) is 14.2. The predicted octanol–water partition coefficient (Wildman–Crippen LogP) is 15.8. The molecule has 0 saturated heterocycles. The van der Waals surface area contributed by atoms with E-state index in [1.165, 1.54) is 11.1 Å². The van der Waals surface area contributed by atoms with Crippen molar-refractivity contribution in [1.29, 1.82) is 0 Å². The Hall–Kier alpha value is -1.42. The van der Waals surface area contributed by atoms with Crippen LogP contribution in [0.25, 0.3) is 0 Å². The van der Waals surface area contributed by atoms with Gasteiger partial charge in [0, 0.05) is 49.6 Å². The maximum Gasteiger partial charge on any atom is 0.0746 e. The van der Waals surface area contributed by atoms with Crippen LogP contribution < -0.4 is 9.80 Å². The molecule has 8 heteroatoms. The van der Waals surface area contributed by atoms with Gasteiger partial charge in [-0.3, -0.25) is 0 Å². The number of hydrogen-bond donors (Lipinski definition) is 0. The summed E-state index contributed by atoms with van der Waals surface area (Å²) in [5.41, 5.74) is 8.77. The van der Waals surface area contributed by atoms with Gasteiger partial charge in [-0.15, -0.1) is 0 Å². The van der Waals surface area contributed by atoms with Crippen molar-refractivity contribution in [3.05, 3.63) is 135 Å². The standard InChI is InChI=1S/C38H34Br6N2/c1-37(2,3)23-19-31(41)35(32(42)20-23)45(27-11-7-25(39)8-12-27)29-15-17-30(18-16-29)46(28-13-9-26(40)10-14-28)36-33(43)21-24(22-34(36)44)38(4,5)6/h7-22H,1-6H3. The van der Waals surface area contributed by atoms with Gasteiger partial charge in [-0.1, -0.05) is 73.4 Å². The number of nitrogens with zero attached hydrogens (tertiary/aromatic N) is 2. The topological polar surface area (TPSA) is 6.48 Å². The Balaban J connectivity index is 1.67. The lowest BCUT2D eigenvalue weighted by Crippen LogP contribution is -2.16. The molecule has 0 radical (unpaired) electrons. The first kappa shape index (κ1) is 35.9. The number of rotatable bonds is 6. The summed E-state index contributed by atoms with van der Waals surface area (Å²) >= 11 is 23.0. The van der Waals surface area contributed by atoms with E-state index in [2.05, 4.69) is 244 Å². The second-order valence-corrected chi connectivity index (χ2v) is 18.5. The summed E-state index contributed by atoms with van der Waals surface area (Å²) in [6, 6.07) is 34.5. The van der Waals surface area contributed by atoms with Crippen molar-refractivity contribution in [3.8, 4) is 0 Å². The second-order valence-electron chi connectivity index (χ2n) is 13.2. The highest BCUT2D eigenvalue weighted by Gasteiger charge is 2.25. The Morgan fingerprint density at radius 2 is 0.587 bits per heavy atom. The van der Waals surface area contributed by atoms with E-state index in [0.717, 1.165) is 61.0 Å². The van der Waals surface area contributed by atoms with Crippen molar-refractivity contribution in [3.63, 3.8) is 0 Å². The molecule has 0 aliphatic carbocycles. The third kappa shape index (κ3) is 7.89. The molecular weight excluding hydrogens is 964 g/mol. The van der Waals surface area contributed by atoms with Gasteiger partial charge in [0.15, 0.2) is 0 Å². The smallest absolute Gasteiger partial charge is 0.0746 e. The Kier molecular flexibility index (Phi) is 11.1. The molecular formula is C38H34Br6N2. The van der Waals surface area contributed by atoms with Crippen LogP contribution in [0.4, 0.5) is 34.1 Å². The van der Waals surface area contributed by atoms with Crippen LogP contribution >= 0.6 is 95.6 Å². The SMILES string of the molecule is CC(C)(C)c1cc(Br)c(N(c2ccc(Br)cc2)c2ccc(N(c3ccc(Br)cc3)c3c(Br)cc(C(C)(C)C)cc3Br)cc2)c(Br)c1. The number of hydrogen-bond acceptors (Lipinski definition) is 2. The lowest BCUT2D eigenvalue weighted by Gasteiger charge is -2.31. The maximum atomic E-state index is 3.94. The van der Waals surface area contributed by atoms with Crippen LogP contribution in [0.5, 0.6) is 0 Å². The van der Waals surface area contributed by atoms with Crippen molar-refractivity contribution >= 4 is 130 Å². The van der Waals surface area contributed by atoms with Crippen molar-refractivity contribution in [2.45, 2.75) is 52.4 Å². The molecule has 5 aromatic rings. The van der Waals surface area contributed by atoms with Crippen molar-refractivity contribution in [2.24, 2.45) is 0 Å². The minimum atomic E-state index is 0.0117. The van der Waals surface area contributed by atoms with Crippen LogP contribution in [-0.4, -0.2) is 0 Å². The molecule has 0 bridgehead atoms. The van der Waals surface area contributed by atoms with Gasteiger partial charge in [-0.25, -0.2) is 0 Å². The lowest BCUT2D eigenvalue weighted by atomic mass is 9.87. The van der Waals surface area contributed by atoms with E-state index in [4.69, 9.17) is 0 Å².